The van der Waals surface area contributed by atoms with Gasteiger partial charge in [-0.1, -0.05) is 44.2 Å². The molecule has 0 heterocycles. The van der Waals surface area contributed by atoms with Gasteiger partial charge < -0.3 is 9.47 Å². The van der Waals surface area contributed by atoms with Gasteiger partial charge in [-0.05, 0) is 25.3 Å². The van der Waals surface area contributed by atoms with Gasteiger partial charge in [0.15, 0.2) is 0 Å². The lowest BCUT2D eigenvalue weighted by Crippen LogP contribution is -2.44. The Morgan fingerprint density at radius 1 is 1.09 bits per heavy atom. The standard InChI is InChI=1S/C17H25NO4/c1-5-21-16(19)14(4)18(17(20)22-12-13(2)3)11-15-9-7-6-8-10-15/h6-10,13-14H,5,11-12H2,1-4H3. The van der Waals surface area contributed by atoms with Crippen LogP contribution in [0.5, 0.6) is 0 Å². The second-order valence-corrected chi connectivity index (χ2v) is 5.51. The van der Waals surface area contributed by atoms with Crippen LogP contribution >= 0.6 is 0 Å². The van der Waals surface area contributed by atoms with Gasteiger partial charge >= 0.3 is 12.1 Å². The highest BCUT2D eigenvalue weighted by Gasteiger charge is 2.28. The maximum absolute atomic E-state index is 12.3. The molecule has 0 N–H and O–H groups in total. The molecule has 1 unspecified atom stereocenters. The first-order valence-electron chi connectivity index (χ1n) is 7.59. The van der Waals surface area contributed by atoms with Crippen LogP contribution in [-0.2, 0) is 20.8 Å². The molecular weight excluding hydrogens is 282 g/mol. The fraction of sp³-hybridized carbons (Fsp3) is 0.529. The van der Waals surface area contributed by atoms with Gasteiger partial charge in [0.2, 0.25) is 0 Å². The Hall–Kier alpha value is -2.04. The monoisotopic (exact) mass is 307 g/mol. The molecule has 5 heteroatoms. The summed E-state index contributed by atoms with van der Waals surface area (Å²) in [5, 5.41) is 0. The predicted molar refractivity (Wildman–Crippen MR) is 84.3 cm³/mol. The van der Waals surface area contributed by atoms with Gasteiger partial charge in [-0.2, -0.15) is 0 Å². The summed E-state index contributed by atoms with van der Waals surface area (Å²) in [6, 6.07) is 8.80. The molecule has 0 aliphatic rings. The van der Waals surface area contributed by atoms with Crippen LogP contribution in [0.3, 0.4) is 0 Å². The van der Waals surface area contributed by atoms with Crippen LogP contribution in [0.2, 0.25) is 0 Å². The molecule has 1 rings (SSSR count). The van der Waals surface area contributed by atoms with Gasteiger partial charge in [0.25, 0.3) is 0 Å². The molecule has 0 radical (unpaired) electrons. The van der Waals surface area contributed by atoms with Crippen molar-refractivity contribution < 1.29 is 19.1 Å². The Morgan fingerprint density at radius 2 is 1.73 bits per heavy atom. The number of carbonyl (C=O) groups is 2. The third-order valence-corrected chi connectivity index (χ3v) is 3.07. The van der Waals surface area contributed by atoms with Crippen molar-refractivity contribution in [2.45, 2.75) is 40.3 Å². The topological polar surface area (TPSA) is 55.8 Å². The molecule has 1 aromatic rings. The summed E-state index contributed by atoms with van der Waals surface area (Å²) in [5.41, 5.74) is 0.931. The Balaban J connectivity index is 2.84. The summed E-state index contributed by atoms with van der Waals surface area (Å²) in [5.74, 6) is -0.194. The quantitative estimate of drug-likeness (QED) is 0.726. The number of hydrogen-bond acceptors (Lipinski definition) is 4. The van der Waals surface area contributed by atoms with Crippen LogP contribution in [0.1, 0.15) is 33.3 Å². The molecule has 22 heavy (non-hydrogen) atoms. The minimum Gasteiger partial charge on any atom is -0.464 e. The Morgan fingerprint density at radius 3 is 2.27 bits per heavy atom. The van der Waals surface area contributed by atoms with E-state index in [9.17, 15) is 9.59 Å². The predicted octanol–water partition coefficient (Wildman–Crippen LogP) is 3.23. The molecule has 0 fully saturated rings. The van der Waals surface area contributed by atoms with Gasteiger partial charge in [-0.3, -0.25) is 4.90 Å². The van der Waals surface area contributed by atoms with E-state index in [0.29, 0.717) is 13.2 Å². The molecule has 0 aliphatic carbocycles. The fourth-order valence-corrected chi connectivity index (χ4v) is 1.85. The molecule has 0 bridgehead atoms. The number of amides is 1. The molecule has 5 nitrogen and oxygen atoms in total. The van der Waals surface area contributed by atoms with E-state index in [1.54, 1.807) is 13.8 Å². The summed E-state index contributed by atoms with van der Waals surface area (Å²) in [4.78, 5) is 25.6. The Bertz CT molecular complexity index is 473. The molecule has 0 saturated heterocycles. The first-order chi connectivity index (χ1) is 10.5. The zero-order valence-corrected chi connectivity index (χ0v) is 13.7. The molecule has 1 amide bonds. The SMILES string of the molecule is CCOC(=O)C(C)N(Cc1ccccc1)C(=O)OCC(C)C. The number of ether oxygens (including phenoxy) is 2. The molecule has 0 aliphatic heterocycles. The van der Waals surface area contributed by atoms with E-state index >= 15 is 0 Å². The largest absolute Gasteiger partial charge is 0.464 e. The maximum Gasteiger partial charge on any atom is 0.410 e. The second-order valence-electron chi connectivity index (χ2n) is 5.51. The zero-order chi connectivity index (χ0) is 16.5. The molecule has 1 aromatic carbocycles. The fourth-order valence-electron chi connectivity index (χ4n) is 1.85. The third-order valence-electron chi connectivity index (χ3n) is 3.07. The highest BCUT2D eigenvalue weighted by Crippen LogP contribution is 2.12. The molecule has 0 saturated carbocycles. The summed E-state index contributed by atoms with van der Waals surface area (Å²) in [6.45, 7) is 8.22. The van der Waals surface area contributed by atoms with Gasteiger partial charge in [0.1, 0.15) is 6.04 Å². The van der Waals surface area contributed by atoms with Crippen molar-refractivity contribution in [2.75, 3.05) is 13.2 Å². The smallest absolute Gasteiger partial charge is 0.410 e. The average Bonchev–Trinajstić information content (AvgIpc) is 2.50. The average molecular weight is 307 g/mol. The van der Waals surface area contributed by atoms with Crippen molar-refractivity contribution in [3.8, 4) is 0 Å². The number of hydrogen-bond donors (Lipinski definition) is 0. The van der Waals surface area contributed by atoms with Crippen molar-refractivity contribution in [1.29, 1.82) is 0 Å². The first kappa shape index (κ1) is 18.0. The Labute approximate surface area is 132 Å². The Kier molecular flexibility index (Phi) is 7.43. The number of rotatable bonds is 7. The summed E-state index contributed by atoms with van der Waals surface area (Å²) in [6.07, 6.45) is -0.502. The maximum atomic E-state index is 12.3. The molecule has 122 valence electrons. The minimum atomic E-state index is -0.695. The summed E-state index contributed by atoms with van der Waals surface area (Å²) < 4.78 is 10.3. The third kappa shape index (κ3) is 5.76. The highest BCUT2D eigenvalue weighted by atomic mass is 16.6. The number of esters is 1. The summed E-state index contributed by atoms with van der Waals surface area (Å²) in [7, 11) is 0. The van der Waals surface area contributed by atoms with Crippen molar-refractivity contribution >= 4 is 12.1 Å². The van der Waals surface area contributed by atoms with Crippen LogP contribution in [0.25, 0.3) is 0 Å². The van der Waals surface area contributed by atoms with E-state index < -0.39 is 18.1 Å². The van der Waals surface area contributed by atoms with Gasteiger partial charge in [-0.15, -0.1) is 0 Å². The van der Waals surface area contributed by atoms with Gasteiger partial charge in [0.05, 0.1) is 13.2 Å². The lowest BCUT2D eigenvalue weighted by molar-refractivity contribution is -0.148. The number of carbonyl (C=O) groups excluding carboxylic acids is 2. The molecule has 0 spiro atoms. The van der Waals surface area contributed by atoms with Crippen LogP contribution in [-0.4, -0.2) is 36.2 Å². The van der Waals surface area contributed by atoms with Crippen LogP contribution < -0.4 is 0 Å². The van der Waals surface area contributed by atoms with E-state index in [0.717, 1.165) is 5.56 Å². The van der Waals surface area contributed by atoms with Crippen molar-refractivity contribution in [3.63, 3.8) is 0 Å². The second kappa shape index (κ2) is 9.07. The van der Waals surface area contributed by atoms with Crippen LogP contribution in [0.4, 0.5) is 4.79 Å². The highest BCUT2D eigenvalue weighted by molar-refractivity contribution is 5.81. The van der Waals surface area contributed by atoms with E-state index in [4.69, 9.17) is 9.47 Å². The van der Waals surface area contributed by atoms with Gasteiger partial charge in [0, 0.05) is 6.54 Å². The van der Waals surface area contributed by atoms with Crippen LogP contribution in [0, 0.1) is 5.92 Å². The van der Waals surface area contributed by atoms with E-state index in [-0.39, 0.29) is 12.5 Å². The normalized spacial score (nSPS) is 11.9. The van der Waals surface area contributed by atoms with Crippen molar-refractivity contribution in [2.24, 2.45) is 5.92 Å². The lowest BCUT2D eigenvalue weighted by atomic mass is 10.2. The van der Waals surface area contributed by atoms with Crippen molar-refractivity contribution in [3.05, 3.63) is 35.9 Å². The van der Waals surface area contributed by atoms with E-state index in [2.05, 4.69) is 0 Å². The summed E-state index contributed by atoms with van der Waals surface area (Å²) >= 11 is 0. The number of nitrogens with zero attached hydrogens (tertiary/aromatic N) is 1. The lowest BCUT2D eigenvalue weighted by Gasteiger charge is -2.27. The zero-order valence-electron chi connectivity index (χ0n) is 13.7. The minimum absolute atomic E-state index is 0.237. The first-order valence-corrected chi connectivity index (χ1v) is 7.59. The molecule has 1 atom stereocenters. The van der Waals surface area contributed by atoms with Gasteiger partial charge in [-0.25, -0.2) is 9.59 Å². The van der Waals surface area contributed by atoms with Crippen molar-refractivity contribution in [1.82, 2.24) is 4.90 Å². The van der Waals surface area contributed by atoms with Crippen LogP contribution in [0.15, 0.2) is 30.3 Å². The molecule has 0 aromatic heterocycles. The van der Waals surface area contributed by atoms with E-state index in [1.165, 1.54) is 4.90 Å². The van der Waals surface area contributed by atoms with E-state index in [1.807, 2.05) is 44.2 Å². The number of benzene rings is 1. The molecular formula is C17H25NO4.